The van der Waals surface area contributed by atoms with Crippen LogP contribution in [0.5, 0.6) is 0 Å². The summed E-state index contributed by atoms with van der Waals surface area (Å²) in [5, 5.41) is -0.649. The van der Waals surface area contributed by atoms with E-state index in [1.165, 1.54) is 4.88 Å². The van der Waals surface area contributed by atoms with E-state index in [9.17, 15) is 9.59 Å². The van der Waals surface area contributed by atoms with Gasteiger partial charge in [-0.3, -0.25) is 9.59 Å². The van der Waals surface area contributed by atoms with Gasteiger partial charge in [-0.25, -0.2) is 0 Å². The second-order valence-electron chi connectivity index (χ2n) is 7.09. The van der Waals surface area contributed by atoms with Crippen LogP contribution in [0, 0.1) is 6.92 Å². The van der Waals surface area contributed by atoms with E-state index in [0.29, 0.717) is 13.1 Å². The Morgan fingerprint density at radius 2 is 1.75 bits per heavy atom. The maximum Gasteiger partial charge on any atom is 0.242 e. The van der Waals surface area contributed by atoms with Crippen molar-refractivity contribution in [2.45, 2.75) is 58.6 Å². The lowest BCUT2D eigenvalue weighted by molar-refractivity contribution is -0.142. The third-order valence-electron chi connectivity index (χ3n) is 4.76. The van der Waals surface area contributed by atoms with Gasteiger partial charge in [-0.05, 0) is 44.9 Å². The zero-order chi connectivity index (χ0) is 20.7. The number of carbonyl (C=O) groups excluding carboxylic acids is 2. The molecule has 4 nitrogen and oxygen atoms in total. The molecule has 0 aliphatic carbocycles. The number of alkyl halides is 1. The molecule has 2 amide bonds. The Bertz CT molecular complexity index is 776. The normalized spacial score (nSPS) is 13.0. The van der Waals surface area contributed by atoms with Crippen molar-refractivity contribution in [3.63, 3.8) is 0 Å². The molecule has 0 saturated carbocycles. The van der Waals surface area contributed by atoms with Crippen molar-refractivity contribution in [1.29, 1.82) is 0 Å². The molecule has 1 heterocycles. The molecule has 0 spiro atoms. The number of amides is 2. The summed E-state index contributed by atoms with van der Waals surface area (Å²) in [6.07, 6.45) is 0.769. The summed E-state index contributed by atoms with van der Waals surface area (Å²) in [5.74, 6) is -0.267. The minimum Gasteiger partial charge on any atom is -0.332 e. The largest absolute Gasteiger partial charge is 0.332 e. The van der Waals surface area contributed by atoms with E-state index in [4.69, 9.17) is 11.6 Å². The first kappa shape index (κ1) is 22.4. The van der Waals surface area contributed by atoms with E-state index in [1.54, 1.807) is 23.2 Å². The molecule has 152 valence electrons. The molecule has 0 radical (unpaired) electrons. The van der Waals surface area contributed by atoms with Gasteiger partial charge in [0.1, 0.15) is 11.9 Å². The van der Waals surface area contributed by atoms with Crippen molar-refractivity contribution in [3.8, 4) is 0 Å². The summed E-state index contributed by atoms with van der Waals surface area (Å²) in [6, 6.07) is 14.0. The lowest BCUT2D eigenvalue weighted by Gasteiger charge is -2.32. The van der Waals surface area contributed by atoms with Crippen LogP contribution >= 0.6 is 22.9 Å². The molecule has 2 aromatic rings. The van der Waals surface area contributed by atoms with Crippen molar-refractivity contribution >= 4 is 34.8 Å². The molecule has 6 heteroatoms. The summed E-state index contributed by atoms with van der Waals surface area (Å²) in [5.41, 5.74) is 1.07. The molecule has 0 saturated heterocycles. The Balaban J connectivity index is 2.21. The van der Waals surface area contributed by atoms with Gasteiger partial charge in [0, 0.05) is 22.3 Å². The number of hydrogen-bond acceptors (Lipinski definition) is 3. The molecule has 0 aliphatic rings. The number of thiophene rings is 1. The van der Waals surface area contributed by atoms with E-state index >= 15 is 0 Å². The SMILES string of the molecule is CC[C@H](C)N(CC(=O)N(Cc1ccccc1)Cc1ccc(C)s1)C(=O)[C@H](C)Cl. The van der Waals surface area contributed by atoms with Crippen LogP contribution in [-0.4, -0.2) is 39.6 Å². The number of carbonyl (C=O) groups is 2. The van der Waals surface area contributed by atoms with Crippen LogP contribution in [-0.2, 0) is 22.7 Å². The van der Waals surface area contributed by atoms with Gasteiger partial charge in [0.25, 0.3) is 0 Å². The molecule has 0 bridgehead atoms. The van der Waals surface area contributed by atoms with Crippen molar-refractivity contribution in [1.82, 2.24) is 9.80 Å². The van der Waals surface area contributed by atoms with E-state index in [0.717, 1.165) is 16.9 Å². The summed E-state index contributed by atoms with van der Waals surface area (Å²) in [4.78, 5) is 31.5. The first-order valence-electron chi connectivity index (χ1n) is 9.63. The molecule has 2 atom stereocenters. The molecule has 0 N–H and O–H groups in total. The first-order chi connectivity index (χ1) is 13.3. The number of benzene rings is 1. The predicted octanol–water partition coefficient (Wildman–Crippen LogP) is 4.84. The lowest BCUT2D eigenvalue weighted by Crippen LogP contribution is -2.48. The van der Waals surface area contributed by atoms with Gasteiger partial charge in [-0.1, -0.05) is 37.3 Å². The van der Waals surface area contributed by atoms with E-state index in [1.807, 2.05) is 49.1 Å². The highest BCUT2D eigenvalue weighted by Gasteiger charge is 2.27. The van der Waals surface area contributed by atoms with Gasteiger partial charge in [0.05, 0.1) is 6.54 Å². The lowest BCUT2D eigenvalue weighted by atomic mass is 10.2. The Morgan fingerprint density at radius 1 is 1.07 bits per heavy atom. The Labute approximate surface area is 177 Å². The number of halogens is 1. The molecule has 28 heavy (non-hydrogen) atoms. The standard InChI is InChI=1S/C22H29ClN2O2S/c1-5-16(2)25(22(27)18(4)23)15-21(26)24(13-19-9-7-6-8-10-19)14-20-12-11-17(3)28-20/h6-12,16,18H,5,13-15H2,1-4H3/t16-,18-/m0/s1. The van der Waals surface area contributed by atoms with Crippen LogP contribution < -0.4 is 0 Å². The molecule has 2 rings (SSSR count). The quantitative estimate of drug-likeness (QED) is 0.544. The maximum absolute atomic E-state index is 13.2. The van der Waals surface area contributed by atoms with Crippen molar-refractivity contribution in [2.75, 3.05) is 6.54 Å². The summed E-state index contributed by atoms with van der Waals surface area (Å²) in [7, 11) is 0. The highest BCUT2D eigenvalue weighted by atomic mass is 35.5. The molecule has 0 fully saturated rings. The van der Waals surface area contributed by atoms with Crippen molar-refractivity contribution in [3.05, 3.63) is 57.8 Å². The molecule has 1 aromatic heterocycles. The Kier molecular flexibility index (Phi) is 8.52. The fraction of sp³-hybridized carbons (Fsp3) is 0.455. The first-order valence-corrected chi connectivity index (χ1v) is 10.9. The number of nitrogens with zero attached hydrogens (tertiary/aromatic N) is 2. The second-order valence-corrected chi connectivity index (χ2v) is 9.11. The van der Waals surface area contributed by atoms with E-state index in [2.05, 4.69) is 19.1 Å². The summed E-state index contributed by atoms with van der Waals surface area (Å²) >= 11 is 7.72. The second kappa shape index (κ2) is 10.6. The van der Waals surface area contributed by atoms with Crippen LogP contribution in [0.1, 0.15) is 42.5 Å². The molecular formula is C22H29ClN2O2S. The zero-order valence-electron chi connectivity index (χ0n) is 17.0. The van der Waals surface area contributed by atoms with Crippen molar-refractivity contribution in [2.24, 2.45) is 0 Å². The Hall–Kier alpha value is -1.85. The average Bonchev–Trinajstić information content (AvgIpc) is 3.09. The highest BCUT2D eigenvalue weighted by Crippen LogP contribution is 2.19. The van der Waals surface area contributed by atoms with Crippen LogP contribution in [0.2, 0.25) is 0 Å². The Morgan fingerprint density at radius 3 is 2.29 bits per heavy atom. The molecular weight excluding hydrogens is 392 g/mol. The molecule has 0 aliphatic heterocycles. The van der Waals surface area contributed by atoms with E-state index in [-0.39, 0.29) is 24.4 Å². The predicted molar refractivity (Wildman–Crippen MR) is 117 cm³/mol. The number of aryl methyl sites for hydroxylation is 1. The summed E-state index contributed by atoms with van der Waals surface area (Å²) < 4.78 is 0. The van der Waals surface area contributed by atoms with Crippen molar-refractivity contribution < 1.29 is 9.59 Å². The number of rotatable bonds is 9. The smallest absolute Gasteiger partial charge is 0.242 e. The zero-order valence-corrected chi connectivity index (χ0v) is 18.6. The van der Waals surface area contributed by atoms with E-state index < -0.39 is 5.38 Å². The molecule has 0 unspecified atom stereocenters. The third kappa shape index (κ3) is 6.35. The topological polar surface area (TPSA) is 40.6 Å². The van der Waals surface area contributed by atoms with Crippen LogP contribution in [0.15, 0.2) is 42.5 Å². The maximum atomic E-state index is 13.2. The van der Waals surface area contributed by atoms with Gasteiger partial charge in [0.2, 0.25) is 11.8 Å². The van der Waals surface area contributed by atoms with Gasteiger partial charge >= 0.3 is 0 Å². The fourth-order valence-corrected chi connectivity index (χ4v) is 3.97. The minimum atomic E-state index is -0.649. The van der Waals surface area contributed by atoms with Gasteiger partial charge in [-0.2, -0.15) is 0 Å². The van der Waals surface area contributed by atoms with Gasteiger partial charge in [-0.15, -0.1) is 22.9 Å². The van der Waals surface area contributed by atoms with Crippen LogP contribution in [0.25, 0.3) is 0 Å². The fourth-order valence-electron chi connectivity index (χ4n) is 2.94. The summed E-state index contributed by atoms with van der Waals surface area (Å²) in [6.45, 7) is 8.75. The monoisotopic (exact) mass is 420 g/mol. The van der Waals surface area contributed by atoms with Gasteiger partial charge < -0.3 is 9.80 Å². The minimum absolute atomic E-state index is 0.0415. The van der Waals surface area contributed by atoms with Crippen LogP contribution in [0.4, 0.5) is 0 Å². The average molecular weight is 421 g/mol. The van der Waals surface area contributed by atoms with Gasteiger partial charge in [0.15, 0.2) is 0 Å². The number of hydrogen-bond donors (Lipinski definition) is 0. The third-order valence-corrected chi connectivity index (χ3v) is 5.94. The highest BCUT2D eigenvalue weighted by molar-refractivity contribution is 7.11. The molecule has 1 aromatic carbocycles. The van der Waals surface area contributed by atoms with Crippen LogP contribution in [0.3, 0.4) is 0 Å².